The first kappa shape index (κ1) is 7.54. The summed E-state index contributed by atoms with van der Waals surface area (Å²) in [4.78, 5) is 10.2. The molecule has 1 heterocycles. The monoisotopic (exact) mass is 144 g/mol. The molecule has 1 N–H and O–H groups in total. The van der Waals surface area contributed by atoms with Crippen molar-refractivity contribution < 1.29 is 14.6 Å². The number of carboxylic acids is 1. The zero-order valence-electron chi connectivity index (χ0n) is 6.04. The number of carboxylic acid groups (broad SMARTS) is 1. The van der Waals surface area contributed by atoms with Gasteiger partial charge in [0.15, 0.2) is 0 Å². The van der Waals surface area contributed by atoms with Gasteiger partial charge >= 0.3 is 5.97 Å². The van der Waals surface area contributed by atoms with E-state index in [1.807, 2.05) is 6.92 Å². The van der Waals surface area contributed by atoms with E-state index in [-0.39, 0.29) is 18.4 Å². The number of ether oxygens (including phenoxy) is 1. The summed E-state index contributed by atoms with van der Waals surface area (Å²) in [7, 11) is 0. The van der Waals surface area contributed by atoms with E-state index in [4.69, 9.17) is 9.84 Å². The molecule has 10 heavy (non-hydrogen) atoms. The Morgan fingerprint density at radius 1 is 1.80 bits per heavy atom. The van der Waals surface area contributed by atoms with Crippen LogP contribution >= 0.6 is 0 Å². The predicted octanol–water partition coefficient (Wildman–Crippen LogP) is 0.886. The highest BCUT2D eigenvalue weighted by Gasteiger charge is 2.25. The van der Waals surface area contributed by atoms with Crippen molar-refractivity contribution in [2.45, 2.75) is 25.9 Å². The van der Waals surface area contributed by atoms with E-state index in [1.165, 1.54) is 0 Å². The first-order valence-electron chi connectivity index (χ1n) is 3.53. The Labute approximate surface area is 60.0 Å². The van der Waals surface area contributed by atoms with Gasteiger partial charge in [0.25, 0.3) is 0 Å². The molecule has 2 atom stereocenters. The summed E-state index contributed by atoms with van der Waals surface area (Å²) < 4.78 is 5.20. The minimum Gasteiger partial charge on any atom is -0.481 e. The van der Waals surface area contributed by atoms with E-state index in [0.717, 1.165) is 13.0 Å². The lowest BCUT2D eigenvalue weighted by Gasteiger charge is -2.09. The van der Waals surface area contributed by atoms with Crippen LogP contribution in [0.5, 0.6) is 0 Å². The maximum absolute atomic E-state index is 10.2. The normalized spacial score (nSPS) is 32.5. The third-order valence-corrected chi connectivity index (χ3v) is 1.97. The average Bonchev–Trinajstić information content (AvgIpc) is 2.15. The molecule has 1 rings (SSSR count). The van der Waals surface area contributed by atoms with Gasteiger partial charge in [-0.3, -0.25) is 4.79 Å². The Morgan fingerprint density at radius 2 is 2.50 bits per heavy atom. The van der Waals surface area contributed by atoms with Crippen molar-refractivity contribution in [2.24, 2.45) is 5.92 Å². The largest absolute Gasteiger partial charge is 0.481 e. The molecule has 0 bridgehead atoms. The van der Waals surface area contributed by atoms with Crippen molar-refractivity contribution in [1.82, 2.24) is 0 Å². The lowest BCUT2D eigenvalue weighted by Crippen LogP contribution is -2.15. The van der Waals surface area contributed by atoms with Crippen molar-refractivity contribution in [3.05, 3.63) is 0 Å². The molecule has 3 heteroatoms. The molecule has 0 amide bonds. The van der Waals surface area contributed by atoms with Gasteiger partial charge in [0, 0.05) is 6.61 Å². The van der Waals surface area contributed by atoms with Gasteiger partial charge in [-0.15, -0.1) is 0 Å². The highest BCUT2D eigenvalue weighted by atomic mass is 16.5. The maximum atomic E-state index is 10.2. The number of rotatable bonds is 2. The number of hydrogen-bond donors (Lipinski definition) is 1. The Balaban J connectivity index is 2.33. The second kappa shape index (κ2) is 3.01. The smallest absolute Gasteiger partial charge is 0.303 e. The van der Waals surface area contributed by atoms with Gasteiger partial charge in [0.2, 0.25) is 0 Å². The van der Waals surface area contributed by atoms with Gasteiger partial charge < -0.3 is 9.84 Å². The molecule has 1 aliphatic heterocycles. The molecule has 58 valence electrons. The van der Waals surface area contributed by atoms with E-state index in [0.29, 0.717) is 0 Å². The van der Waals surface area contributed by atoms with Crippen LogP contribution in [0.15, 0.2) is 0 Å². The van der Waals surface area contributed by atoms with E-state index in [2.05, 4.69) is 0 Å². The zero-order chi connectivity index (χ0) is 7.56. The van der Waals surface area contributed by atoms with Crippen LogP contribution in [0.1, 0.15) is 19.8 Å². The fourth-order valence-electron chi connectivity index (χ4n) is 1.27. The van der Waals surface area contributed by atoms with Crippen LogP contribution in [-0.2, 0) is 9.53 Å². The third kappa shape index (κ3) is 1.70. The first-order chi connectivity index (χ1) is 4.70. The van der Waals surface area contributed by atoms with Gasteiger partial charge in [0.1, 0.15) is 0 Å². The molecule has 1 saturated heterocycles. The Kier molecular flexibility index (Phi) is 2.27. The minimum atomic E-state index is -0.720. The molecule has 0 aliphatic carbocycles. The molecule has 0 aromatic carbocycles. The molecular weight excluding hydrogens is 132 g/mol. The SMILES string of the molecule is C[C@@H]1OCC[C@H]1CC(=O)O. The fraction of sp³-hybridized carbons (Fsp3) is 0.857. The molecule has 0 aromatic rings. The second-order valence-electron chi connectivity index (χ2n) is 2.72. The van der Waals surface area contributed by atoms with Crippen LogP contribution < -0.4 is 0 Å². The lowest BCUT2D eigenvalue weighted by atomic mass is 9.99. The van der Waals surface area contributed by atoms with Crippen molar-refractivity contribution in [1.29, 1.82) is 0 Å². The molecule has 0 saturated carbocycles. The van der Waals surface area contributed by atoms with Crippen LogP contribution in [0.2, 0.25) is 0 Å². The van der Waals surface area contributed by atoms with Crippen molar-refractivity contribution >= 4 is 5.97 Å². The number of aliphatic carboxylic acids is 1. The van der Waals surface area contributed by atoms with Gasteiger partial charge in [-0.1, -0.05) is 0 Å². The first-order valence-corrected chi connectivity index (χ1v) is 3.53. The average molecular weight is 144 g/mol. The van der Waals surface area contributed by atoms with Crippen molar-refractivity contribution in [2.75, 3.05) is 6.61 Å². The second-order valence-corrected chi connectivity index (χ2v) is 2.72. The van der Waals surface area contributed by atoms with Crippen LogP contribution in [0.3, 0.4) is 0 Å². The Bertz CT molecular complexity index is 133. The molecule has 0 aromatic heterocycles. The molecule has 0 spiro atoms. The van der Waals surface area contributed by atoms with E-state index in [1.54, 1.807) is 0 Å². The summed E-state index contributed by atoms with van der Waals surface area (Å²) in [5.74, 6) is -0.486. The molecule has 1 aliphatic rings. The zero-order valence-corrected chi connectivity index (χ0v) is 6.04. The summed E-state index contributed by atoms with van der Waals surface area (Å²) in [6.45, 7) is 2.65. The third-order valence-electron chi connectivity index (χ3n) is 1.97. The van der Waals surface area contributed by atoms with E-state index < -0.39 is 5.97 Å². The van der Waals surface area contributed by atoms with Crippen LogP contribution in [0.25, 0.3) is 0 Å². The van der Waals surface area contributed by atoms with Crippen LogP contribution in [0, 0.1) is 5.92 Å². The molecule has 0 radical (unpaired) electrons. The number of hydrogen-bond acceptors (Lipinski definition) is 2. The molecule has 3 nitrogen and oxygen atoms in total. The molecule has 0 unspecified atom stereocenters. The lowest BCUT2D eigenvalue weighted by molar-refractivity contribution is -0.138. The summed E-state index contributed by atoms with van der Waals surface area (Å²) in [6.07, 6.45) is 1.28. The van der Waals surface area contributed by atoms with Crippen molar-refractivity contribution in [3.63, 3.8) is 0 Å². The molecular formula is C7H12O3. The highest BCUT2D eigenvalue weighted by molar-refractivity contribution is 5.67. The van der Waals surface area contributed by atoms with Gasteiger partial charge in [-0.2, -0.15) is 0 Å². The summed E-state index contributed by atoms with van der Waals surface area (Å²) in [6, 6.07) is 0. The highest BCUT2D eigenvalue weighted by Crippen LogP contribution is 2.23. The quantitative estimate of drug-likeness (QED) is 0.626. The van der Waals surface area contributed by atoms with Crippen LogP contribution in [0.4, 0.5) is 0 Å². The van der Waals surface area contributed by atoms with E-state index >= 15 is 0 Å². The van der Waals surface area contributed by atoms with Crippen molar-refractivity contribution in [3.8, 4) is 0 Å². The Hall–Kier alpha value is -0.570. The Morgan fingerprint density at radius 3 is 2.90 bits per heavy atom. The van der Waals surface area contributed by atoms with Crippen LogP contribution in [-0.4, -0.2) is 23.8 Å². The minimum absolute atomic E-state index is 0.135. The summed E-state index contributed by atoms with van der Waals surface area (Å²) in [5, 5.41) is 8.44. The van der Waals surface area contributed by atoms with E-state index in [9.17, 15) is 4.79 Å². The van der Waals surface area contributed by atoms with Gasteiger partial charge in [-0.25, -0.2) is 0 Å². The standard InChI is InChI=1S/C7H12O3/c1-5-6(2-3-10-5)4-7(8)9/h5-6H,2-4H2,1H3,(H,8,9)/t5-,6-/m0/s1. The van der Waals surface area contributed by atoms with Gasteiger partial charge in [-0.05, 0) is 19.3 Å². The summed E-state index contributed by atoms with van der Waals surface area (Å²) in [5.41, 5.74) is 0. The predicted molar refractivity (Wildman–Crippen MR) is 35.8 cm³/mol. The van der Waals surface area contributed by atoms with Gasteiger partial charge in [0.05, 0.1) is 12.5 Å². The fourth-order valence-corrected chi connectivity index (χ4v) is 1.27. The molecule has 1 fully saturated rings. The summed E-state index contributed by atoms with van der Waals surface area (Å²) >= 11 is 0. The number of carbonyl (C=O) groups is 1. The maximum Gasteiger partial charge on any atom is 0.303 e. The topological polar surface area (TPSA) is 46.5 Å².